The number of carbonyl (C=O) groups is 1. The van der Waals surface area contributed by atoms with Crippen LogP contribution in [0.15, 0.2) is 0 Å². The van der Waals surface area contributed by atoms with E-state index in [9.17, 15) is 13.2 Å². The first-order valence-corrected chi connectivity index (χ1v) is 8.81. The molecule has 0 atom stereocenters. The number of nitrogens with zero attached hydrogens (tertiary/aromatic N) is 2. The first kappa shape index (κ1) is 16.7. The Bertz CT molecular complexity index is 451. The van der Waals surface area contributed by atoms with E-state index in [-0.39, 0.29) is 0 Å². The van der Waals surface area contributed by atoms with Crippen molar-refractivity contribution in [3.8, 4) is 0 Å². The zero-order chi connectivity index (χ0) is 15.5. The summed E-state index contributed by atoms with van der Waals surface area (Å²) in [7, 11) is -1.78. The van der Waals surface area contributed by atoms with Gasteiger partial charge in [-0.05, 0) is 31.6 Å². The fourth-order valence-corrected chi connectivity index (χ4v) is 4.71. The Morgan fingerprint density at radius 2 is 1.57 bits per heavy atom. The van der Waals surface area contributed by atoms with Crippen molar-refractivity contribution in [3.05, 3.63) is 0 Å². The molecule has 2 aliphatic rings. The molecular weight excluding hydrogens is 296 g/mol. The van der Waals surface area contributed by atoms with Gasteiger partial charge < -0.3 is 9.84 Å². The molecule has 0 unspecified atom stereocenters. The number of carboxylic acid groups (broad SMARTS) is 1. The highest BCUT2D eigenvalue weighted by Gasteiger charge is 2.36. The van der Waals surface area contributed by atoms with Crippen molar-refractivity contribution in [1.82, 2.24) is 8.61 Å². The fourth-order valence-electron chi connectivity index (χ4n) is 3.04. The number of carboxylic acids is 1. The molecule has 0 radical (unpaired) electrons. The Kier molecular flexibility index (Phi) is 5.59. The third-order valence-corrected chi connectivity index (χ3v) is 6.47. The first-order valence-electron chi connectivity index (χ1n) is 7.42. The maximum atomic E-state index is 12.6. The molecule has 0 saturated carbocycles. The van der Waals surface area contributed by atoms with Gasteiger partial charge in [-0.2, -0.15) is 17.0 Å². The molecular formula is C13H24N2O5S. The van der Waals surface area contributed by atoms with Crippen LogP contribution in [0.25, 0.3) is 0 Å². The van der Waals surface area contributed by atoms with Crippen molar-refractivity contribution in [2.75, 3.05) is 39.9 Å². The molecule has 0 aromatic heterocycles. The summed E-state index contributed by atoms with van der Waals surface area (Å²) in [6.45, 7) is 2.33. The van der Waals surface area contributed by atoms with Crippen molar-refractivity contribution < 1.29 is 23.1 Å². The standard InChI is InChI=1S/C13H24N2O5S/c1-20-10-11-2-6-14(7-3-11)21(18,19)15-8-4-12(5-9-15)13(16)17/h11-12H,2-10H2,1H3,(H,16,17). The first-order chi connectivity index (χ1) is 9.95. The maximum Gasteiger partial charge on any atom is 0.306 e. The summed E-state index contributed by atoms with van der Waals surface area (Å²) in [6, 6.07) is 0. The molecule has 0 aliphatic carbocycles. The van der Waals surface area contributed by atoms with Crippen molar-refractivity contribution >= 4 is 16.2 Å². The molecule has 2 heterocycles. The van der Waals surface area contributed by atoms with Gasteiger partial charge in [0.15, 0.2) is 0 Å². The molecule has 0 aromatic carbocycles. The molecule has 0 spiro atoms. The Balaban J connectivity index is 1.90. The molecule has 0 aromatic rings. The number of hydrogen-bond donors (Lipinski definition) is 1. The minimum absolute atomic E-state index is 0.303. The van der Waals surface area contributed by atoms with Crippen LogP contribution < -0.4 is 0 Å². The van der Waals surface area contributed by atoms with Gasteiger partial charge in [0, 0.05) is 39.9 Å². The summed E-state index contributed by atoms with van der Waals surface area (Å²) in [5.74, 6) is -0.810. The summed E-state index contributed by atoms with van der Waals surface area (Å²) in [4.78, 5) is 10.9. The highest BCUT2D eigenvalue weighted by Crippen LogP contribution is 2.25. The van der Waals surface area contributed by atoms with Gasteiger partial charge in [-0.1, -0.05) is 0 Å². The molecule has 21 heavy (non-hydrogen) atoms. The summed E-state index contributed by atoms with van der Waals surface area (Å²) in [5, 5.41) is 8.97. The highest BCUT2D eigenvalue weighted by atomic mass is 32.2. The van der Waals surface area contributed by atoms with Crippen LogP contribution in [0.5, 0.6) is 0 Å². The molecule has 8 heteroatoms. The lowest BCUT2D eigenvalue weighted by Crippen LogP contribution is -2.50. The molecule has 7 nitrogen and oxygen atoms in total. The Hall–Kier alpha value is -0.700. The second-order valence-corrected chi connectivity index (χ2v) is 7.75. The summed E-state index contributed by atoms with van der Waals surface area (Å²) >= 11 is 0. The topological polar surface area (TPSA) is 87.2 Å². The zero-order valence-corrected chi connectivity index (χ0v) is 13.2. The van der Waals surface area contributed by atoms with Crippen LogP contribution >= 0.6 is 0 Å². The van der Waals surface area contributed by atoms with E-state index >= 15 is 0 Å². The van der Waals surface area contributed by atoms with Gasteiger partial charge in [0.25, 0.3) is 10.2 Å². The minimum Gasteiger partial charge on any atom is -0.481 e. The number of aliphatic carboxylic acids is 1. The van der Waals surface area contributed by atoms with Gasteiger partial charge in [-0.3, -0.25) is 4.79 Å². The number of hydrogen-bond acceptors (Lipinski definition) is 4. The van der Waals surface area contributed by atoms with Crippen molar-refractivity contribution in [1.29, 1.82) is 0 Å². The molecule has 2 aliphatic heterocycles. The molecule has 2 rings (SSSR count). The normalized spacial score (nSPS) is 24.2. The predicted octanol–water partition coefficient (Wildman–Crippen LogP) is 0.386. The quantitative estimate of drug-likeness (QED) is 0.791. The lowest BCUT2D eigenvalue weighted by atomic mass is 9.99. The van der Waals surface area contributed by atoms with E-state index in [0.29, 0.717) is 51.5 Å². The molecule has 1 N–H and O–H groups in total. The number of piperidine rings is 2. The maximum absolute atomic E-state index is 12.6. The average Bonchev–Trinajstić information content (AvgIpc) is 2.48. The smallest absolute Gasteiger partial charge is 0.306 e. The highest BCUT2D eigenvalue weighted by molar-refractivity contribution is 7.86. The van der Waals surface area contributed by atoms with Crippen molar-refractivity contribution in [2.45, 2.75) is 25.7 Å². The predicted molar refractivity (Wildman–Crippen MR) is 77.0 cm³/mol. The Morgan fingerprint density at radius 1 is 1.10 bits per heavy atom. The molecule has 0 bridgehead atoms. The van der Waals surface area contributed by atoms with Crippen LogP contribution in [0.4, 0.5) is 0 Å². The lowest BCUT2D eigenvalue weighted by Gasteiger charge is -2.37. The third-order valence-electron chi connectivity index (χ3n) is 4.43. The average molecular weight is 320 g/mol. The SMILES string of the molecule is COCC1CCN(S(=O)(=O)N2CCC(C(=O)O)CC2)CC1. The van der Waals surface area contributed by atoms with Crippen LogP contribution in [-0.2, 0) is 19.7 Å². The fraction of sp³-hybridized carbons (Fsp3) is 0.923. The van der Waals surface area contributed by atoms with Gasteiger partial charge in [-0.15, -0.1) is 0 Å². The monoisotopic (exact) mass is 320 g/mol. The van der Waals surface area contributed by atoms with E-state index in [1.54, 1.807) is 7.11 Å². The number of methoxy groups -OCH3 is 1. The summed E-state index contributed by atoms with van der Waals surface area (Å²) in [6.07, 6.45) is 2.43. The molecule has 122 valence electrons. The largest absolute Gasteiger partial charge is 0.481 e. The van der Waals surface area contributed by atoms with Crippen LogP contribution in [0.3, 0.4) is 0 Å². The van der Waals surface area contributed by atoms with Gasteiger partial charge in [0.2, 0.25) is 0 Å². The van der Waals surface area contributed by atoms with E-state index in [1.807, 2.05) is 0 Å². The summed E-state index contributed by atoms with van der Waals surface area (Å²) < 4.78 is 33.2. The van der Waals surface area contributed by atoms with E-state index in [1.165, 1.54) is 8.61 Å². The van der Waals surface area contributed by atoms with Crippen molar-refractivity contribution in [2.24, 2.45) is 11.8 Å². The van der Waals surface area contributed by atoms with Crippen LogP contribution in [0, 0.1) is 11.8 Å². The van der Waals surface area contributed by atoms with Crippen LogP contribution in [0.1, 0.15) is 25.7 Å². The third kappa shape index (κ3) is 3.94. The molecule has 2 fully saturated rings. The second kappa shape index (κ2) is 7.04. The zero-order valence-electron chi connectivity index (χ0n) is 12.4. The van der Waals surface area contributed by atoms with Crippen molar-refractivity contribution in [3.63, 3.8) is 0 Å². The number of rotatable bonds is 5. The Morgan fingerprint density at radius 3 is 2.00 bits per heavy atom. The Labute approximate surface area is 126 Å². The van der Waals surface area contributed by atoms with E-state index in [2.05, 4.69) is 0 Å². The van der Waals surface area contributed by atoms with E-state index < -0.39 is 22.1 Å². The van der Waals surface area contributed by atoms with Crippen LogP contribution in [-0.4, -0.2) is 68.0 Å². The minimum atomic E-state index is -3.44. The number of ether oxygens (including phenoxy) is 1. The molecule has 2 saturated heterocycles. The second-order valence-electron chi connectivity index (χ2n) is 5.82. The molecule has 0 amide bonds. The van der Waals surface area contributed by atoms with Gasteiger partial charge in [0.1, 0.15) is 0 Å². The van der Waals surface area contributed by atoms with E-state index in [0.717, 1.165) is 12.8 Å². The summed E-state index contributed by atoms with van der Waals surface area (Å²) in [5.41, 5.74) is 0. The lowest BCUT2D eigenvalue weighted by molar-refractivity contribution is -0.142. The van der Waals surface area contributed by atoms with Crippen LogP contribution in [0.2, 0.25) is 0 Å². The van der Waals surface area contributed by atoms with Gasteiger partial charge >= 0.3 is 5.97 Å². The van der Waals surface area contributed by atoms with E-state index in [4.69, 9.17) is 9.84 Å². The van der Waals surface area contributed by atoms with Gasteiger partial charge in [-0.25, -0.2) is 0 Å². The van der Waals surface area contributed by atoms with Gasteiger partial charge in [0.05, 0.1) is 5.92 Å².